The fourth-order valence-corrected chi connectivity index (χ4v) is 4.10. The van der Waals surface area contributed by atoms with Crippen LogP contribution < -0.4 is 15.0 Å². The van der Waals surface area contributed by atoms with Crippen molar-refractivity contribution in [3.8, 4) is 5.75 Å². The largest absolute Gasteiger partial charge is 0.467 e. The first-order valence-corrected chi connectivity index (χ1v) is 8.90. The Morgan fingerprint density at radius 3 is 2.96 bits per heavy atom. The average Bonchev–Trinajstić information content (AvgIpc) is 2.52. The van der Waals surface area contributed by atoms with Gasteiger partial charge >= 0.3 is 6.03 Å². The molecule has 1 N–H and O–H groups in total. The maximum absolute atomic E-state index is 12.9. The van der Waals surface area contributed by atoms with Crippen molar-refractivity contribution in [2.24, 2.45) is 0 Å². The third-order valence-corrected chi connectivity index (χ3v) is 5.62. The molecule has 0 aliphatic carbocycles. The summed E-state index contributed by atoms with van der Waals surface area (Å²) < 4.78 is 7.25. The number of hydrogen-bond acceptors (Lipinski definition) is 2. The van der Waals surface area contributed by atoms with E-state index in [0.717, 1.165) is 27.0 Å². The van der Waals surface area contributed by atoms with E-state index < -0.39 is 5.72 Å². The molecule has 2 atom stereocenters. The van der Waals surface area contributed by atoms with Crippen molar-refractivity contribution in [2.45, 2.75) is 32.0 Å². The van der Waals surface area contributed by atoms with E-state index in [2.05, 4.69) is 21.2 Å². The number of nitrogens with zero attached hydrogens (tertiary/aromatic N) is 1. The minimum Gasteiger partial charge on any atom is -0.467 e. The molecule has 2 unspecified atom stereocenters. The molecular weight excluding hydrogens is 392 g/mol. The Kier molecular flexibility index (Phi) is 3.55. The molecule has 24 heavy (non-hydrogen) atoms. The molecule has 124 valence electrons. The third kappa shape index (κ3) is 2.30. The number of carbonyl (C=O) groups excluding carboxylic acids is 1. The molecular formula is C18H16BrClN2O2. The molecule has 2 amide bonds. The number of ether oxygens (including phenoxy) is 1. The summed E-state index contributed by atoms with van der Waals surface area (Å²) in [7, 11) is 0. The van der Waals surface area contributed by atoms with E-state index in [1.54, 1.807) is 4.90 Å². The second kappa shape index (κ2) is 5.39. The number of amides is 2. The number of benzene rings is 2. The molecule has 2 heterocycles. The van der Waals surface area contributed by atoms with Gasteiger partial charge in [-0.1, -0.05) is 33.6 Å². The fraction of sp³-hybridized carbons (Fsp3) is 0.278. The van der Waals surface area contributed by atoms with Gasteiger partial charge in [0, 0.05) is 21.5 Å². The van der Waals surface area contributed by atoms with Gasteiger partial charge in [0.05, 0.1) is 11.7 Å². The zero-order valence-corrected chi connectivity index (χ0v) is 15.6. The highest BCUT2D eigenvalue weighted by molar-refractivity contribution is 9.10. The molecule has 6 heteroatoms. The molecule has 0 saturated carbocycles. The molecule has 2 aromatic rings. The Bertz CT molecular complexity index is 857. The summed E-state index contributed by atoms with van der Waals surface area (Å²) in [5.74, 6) is 0.793. The van der Waals surface area contributed by atoms with Crippen molar-refractivity contribution in [1.29, 1.82) is 0 Å². The Hall–Kier alpha value is -1.72. The molecule has 0 spiro atoms. The van der Waals surface area contributed by atoms with Crippen molar-refractivity contribution in [1.82, 2.24) is 5.32 Å². The monoisotopic (exact) mass is 406 g/mol. The van der Waals surface area contributed by atoms with Crippen LogP contribution in [0.2, 0.25) is 5.02 Å². The summed E-state index contributed by atoms with van der Waals surface area (Å²) in [6, 6.07) is 11.2. The fourth-order valence-electron chi connectivity index (χ4n) is 3.55. The van der Waals surface area contributed by atoms with Crippen molar-refractivity contribution in [3.63, 3.8) is 0 Å². The molecule has 2 aliphatic rings. The molecule has 1 fully saturated rings. The van der Waals surface area contributed by atoms with Crippen LogP contribution in [-0.2, 0) is 0 Å². The standard InChI is InChI=1S/C18H16BrClN2O2/c1-10-13(20)4-3-5-15(10)22-17(23)21-14-9-18(22,2)24-16-7-6-11(19)8-12(14)16/h3-8,14H,9H2,1-2H3,(H,21,23). The first-order valence-electron chi connectivity index (χ1n) is 7.73. The molecule has 2 bridgehead atoms. The zero-order chi connectivity index (χ0) is 17.1. The summed E-state index contributed by atoms with van der Waals surface area (Å²) in [4.78, 5) is 14.5. The minimum atomic E-state index is -0.761. The van der Waals surface area contributed by atoms with Gasteiger partial charge < -0.3 is 10.1 Å². The van der Waals surface area contributed by atoms with Gasteiger partial charge in [-0.3, -0.25) is 4.90 Å². The highest BCUT2D eigenvalue weighted by Crippen LogP contribution is 2.47. The van der Waals surface area contributed by atoms with Crippen molar-refractivity contribution in [2.75, 3.05) is 4.90 Å². The van der Waals surface area contributed by atoms with Crippen LogP contribution in [0.1, 0.15) is 30.5 Å². The molecule has 4 nitrogen and oxygen atoms in total. The summed E-state index contributed by atoms with van der Waals surface area (Å²) >= 11 is 9.74. The van der Waals surface area contributed by atoms with Crippen LogP contribution in [-0.4, -0.2) is 11.8 Å². The van der Waals surface area contributed by atoms with Crippen molar-refractivity contribution >= 4 is 39.2 Å². The van der Waals surface area contributed by atoms with E-state index in [9.17, 15) is 4.79 Å². The second-order valence-corrected chi connectivity index (χ2v) is 7.71. The van der Waals surface area contributed by atoms with Gasteiger partial charge in [0.15, 0.2) is 5.72 Å². The first kappa shape index (κ1) is 15.8. The van der Waals surface area contributed by atoms with E-state index >= 15 is 0 Å². The number of anilines is 1. The van der Waals surface area contributed by atoms with E-state index in [4.69, 9.17) is 16.3 Å². The van der Waals surface area contributed by atoms with Crippen LogP contribution in [0.25, 0.3) is 0 Å². The summed E-state index contributed by atoms with van der Waals surface area (Å²) in [5, 5.41) is 3.73. The summed E-state index contributed by atoms with van der Waals surface area (Å²) in [6.07, 6.45) is 0.661. The Labute approximate surface area is 153 Å². The van der Waals surface area contributed by atoms with Crippen LogP contribution >= 0.6 is 27.5 Å². The van der Waals surface area contributed by atoms with Crippen molar-refractivity contribution < 1.29 is 9.53 Å². The highest BCUT2D eigenvalue weighted by Gasteiger charge is 2.50. The molecule has 2 aliphatic heterocycles. The number of carbonyl (C=O) groups is 1. The molecule has 1 saturated heterocycles. The number of halogens is 2. The van der Waals surface area contributed by atoms with E-state index in [-0.39, 0.29) is 12.1 Å². The zero-order valence-electron chi connectivity index (χ0n) is 13.3. The molecule has 2 aromatic carbocycles. The summed E-state index contributed by atoms with van der Waals surface area (Å²) in [6.45, 7) is 3.86. The summed E-state index contributed by atoms with van der Waals surface area (Å²) in [5.41, 5.74) is 1.86. The Balaban J connectivity index is 1.84. The van der Waals surface area contributed by atoms with Gasteiger partial charge in [0.2, 0.25) is 0 Å². The lowest BCUT2D eigenvalue weighted by molar-refractivity contribution is 0.0377. The Morgan fingerprint density at radius 1 is 1.38 bits per heavy atom. The van der Waals surface area contributed by atoms with Crippen LogP contribution in [0, 0.1) is 6.92 Å². The first-order chi connectivity index (χ1) is 11.4. The highest BCUT2D eigenvalue weighted by atomic mass is 79.9. The lowest BCUT2D eigenvalue weighted by atomic mass is 9.90. The lowest BCUT2D eigenvalue weighted by Crippen LogP contribution is -2.65. The number of fused-ring (bicyclic) bond motifs is 4. The number of hydrogen-bond donors (Lipinski definition) is 1. The van der Waals surface area contributed by atoms with E-state index in [1.807, 2.05) is 50.2 Å². The lowest BCUT2D eigenvalue weighted by Gasteiger charge is -2.51. The predicted molar refractivity (Wildman–Crippen MR) is 97.7 cm³/mol. The van der Waals surface area contributed by atoms with Crippen LogP contribution in [0.3, 0.4) is 0 Å². The third-order valence-electron chi connectivity index (χ3n) is 4.71. The maximum atomic E-state index is 12.9. The number of urea groups is 1. The predicted octanol–water partition coefficient (Wildman–Crippen LogP) is 5.18. The molecule has 4 rings (SSSR count). The second-order valence-electron chi connectivity index (χ2n) is 6.38. The normalized spacial score (nSPS) is 24.9. The van der Waals surface area contributed by atoms with E-state index in [0.29, 0.717) is 11.4 Å². The van der Waals surface area contributed by atoms with E-state index in [1.165, 1.54) is 0 Å². The average molecular weight is 408 g/mol. The maximum Gasteiger partial charge on any atom is 0.325 e. The van der Waals surface area contributed by atoms with Gasteiger partial charge in [-0.15, -0.1) is 0 Å². The Morgan fingerprint density at radius 2 is 2.17 bits per heavy atom. The van der Waals surface area contributed by atoms with Gasteiger partial charge in [-0.25, -0.2) is 4.79 Å². The van der Waals surface area contributed by atoms with Crippen LogP contribution in [0.15, 0.2) is 40.9 Å². The SMILES string of the molecule is Cc1c(Cl)cccc1N1C(=O)NC2CC1(C)Oc1ccc(Br)cc12. The smallest absolute Gasteiger partial charge is 0.325 e. The minimum absolute atomic E-state index is 0.0699. The van der Waals surface area contributed by atoms with Crippen LogP contribution in [0.4, 0.5) is 10.5 Å². The van der Waals surface area contributed by atoms with Gasteiger partial charge in [-0.05, 0) is 49.7 Å². The van der Waals surface area contributed by atoms with Crippen molar-refractivity contribution in [3.05, 3.63) is 57.0 Å². The molecule has 0 radical (unpaired) electrons. The van der Waals surface area contributed by atoms with Gasteiger partial charge in [-0.2, -0.15) is 0 Å². The molecule has 0 aromatic heterocycles. The van der Waals surface area contributed by atoms with Crippen LogP contribution in [0.5, 0.6) is 5.75 Å². The number of rotatable bonds is 1. The van der Waals surface area contributed by atoms with Gasteiger partial charge in [0.1, 0.15) is 5.75 Å². The topological polar surface area (TPSA) is 41.6 Å². The quantitative estimate of drug-likeness (QED) is 0.707. The van der Waals surface area contributed by atoms with Gasteiger partial charge in [0.25, 0.3) is 0 Å². The number of nitrogens with one attached hydrogen (secondary N) is 1.